The van der Waals surface area contributed by atoms with Gasteiger partial charge in [-0.3, -0.25) is 58.0 Å². The number of alkyl halides is 1. The van der Waals surface area contributed by atoms with E-state index >= 15 is 0 Å². The zero-order valence-corrected chi connectivity index (χ0v) is 67.4. The van der Waals surface area contributed by atoms with E-state index in [1.807, 2.05) is 4.90 Å². The van der Waals surface area contributed by atoms with E-state index in [4.69, 9.17) is 43.4 Å². The highest BCUT2D eigenvalue weighted by atomic mass is 35.5. The molecular weight excluding hydrogens is 1330 g/mol. The molecule has 3 heterocycles. The van der Waals surface area contributed by atoms with Crippen LogP contribution in [0.15, 0.2) is 0 Å². The zero-order valence-electron chi connectivity index (χ0n) is 66.7. The fraction of sp³-hybridized carbons (Fsp3) is 0.884. The number of aliphatic hydroxyl groups excluding tert-OH is 1. The molecule has 33 heteroatoms. The summed E-state index contributed by atoms with van der Waals surface area (Å²) in [5, 5.41) is 23.8. The Morgan fingerprint density at radius 1 is 0.402 bits per heavy atom. The number of ether oxygens (including phenoxy) is 2. The first-order chi connectivity index (χ1) is 48.6. The molecule has 0 spiro atoms. The van der Waals surface area contributed by atoms with Crippen LogP contribution in [0, 0.1) is 17.8 Å². The Morgan fingerprint density at radius 3 is 1.02 bits per heavy atom. The van der Waals surface area contributed by atoms with Crippen LogP contribution in [0.25, 0.3) is 0 Å². The molecule has 0 bridgehead atoms. The number of carbonyl (C=O) groups is 8. The van der Waals surface area contributed by atoms with Gasteiger partial charge in [0.05, 0.1) is 58.2 Å². The summed E-state index contributed by atoms with van der Waals surface area (Å²) >= 11 is 5.16. The van der Waals surface area contributed by atoms with E-state index in [1.54, 1.807) is 97.0 Å². The van der Waals surface area contributed by atoms with E-state index in [-0.39, 0.29) is 90.7 Å². The summed E-state index contributed by atoms with van der Waals surface area (Å²) in [6.07, 6.45) is 3.09. The van der Waals surface area contributed by atoms with Crippen molar-refractivity contribution in [3.05, 3.63) is 0 Å². The largest absolute Gasteiger partial charge is 0.469 e. The van der Waals surface area contributed by atoms with Gasteiger partial charge in [-0.1, -0.05) is 27.7 Å². The van der Waals surface area contributed by atoms with Crippen LogP contribution >= 0.6 is 11.6 Å². The lowest BCUT2D eigenvalue weighted by molar-refractivity contribution is -0.147. The van der Waals surface area contributed by atoms with Crippen molar-refractivity contribution < 1.29 is 52.9 Å². The van der Waals surface area contributed by atoms with Crippen molar-refractivity contribution in [2.75, 3.05) is 333 Å². The van der Waals surface area contributed by atoms with Gasteiger partial charge in [0.1, 0.15) is 5.88 Å². The van der Waals surface area contributed by atoms with Crippen LogP contribution in [-0.4, -0.2) is 449 Å². The van der Waals surface area contributed by atoms with Gasteiger partial charge in [-0.25, -0.2) is 0 Å². The average molecular weight is 1480 g/mol. The average Bonchev–Trinajstić information content (AvgIpc) is 0.883. The number of carbonyl (C=O) groups excluding carboxylic acids is 8. The highest BCUT2D eigenvalue weighted by Gasteiger charge is 2.30. The predicted molar refractivity (Wildman–Crippen MR) is 411 cm³/mol. The van der Waals surface area contributed by atoms with Gasteiger partial charge in [-0.2, -0.15) is 0 Å². The van der Waals surface area contributed by atoms with Crippen LogP contribution in [0.3, 0.4) is 0 Å². The van der Waals surface area contributed by atoms with Gasteiger partial charge in [-0.05, 0) is 91.6 Å². The number of hydrogen-bond acceptors (Lipinski definition) is 26. The van der Waals surface area contributed by atoms with Crippen molar-refractivity contribution in [1.29, 1.82) is 0 Å². The lowest BCUT2D eigenvalue weighted by Crippen LogP contribution is -2.50. The standard InChI is InChI=1S/C25H52N8O3.C24H48N6O4.C12H26N4O2.C4H8ClNO.C2H8N2.C2H6O/c1-7-30-12-9-13-32(20-23(34)28(3)4)16-17-33(21-24(35)29(5)6)19-22(25(36)27-11-10-26)18-31(8-2)15-14-30;1-8-27-11-10-12-29(19-22(31)25(3)4)15-16-30(20-23(32)26(5)6)18-21(24(33)34-7)17-28(9-2)14-13-27;1-18-12(17)11-9-15-7-5-13-3-2-4-14-6-8-16-10-11;1-6(2)4(7)3-5;3-1-2-4;1-2-3/h22H,7-21,26H2,1-6H3,(H,27,36);21H,8-20H2,1-7H3;11,13-16H,2-10H2,1H3;3H2,1-2H3;1-4H2;3H,2H2,1H3. The molecule has 0 aliphatic carbocycles. The van der Waals surface area contributed by atoms with E-state index in [0.717, 1.165) is 137 Å². The molecule has 102 heavy (non-hydrogen) atoms. The van der Waals surface area contributed by atoms with Crippen molar-refractivity contribution in [1.82, 2.24) is 90.3 Å². The summed E-state index contributed by atoms with van der Waals surface area (Å²) in [5.74, 6) is -1.04. The number of amides is 6. The van der Waals surface area contributed by atoms with E-state index in [0.29, 0.717) is 105 Å². The Morgan fingerprint density at radius 2 is 0.696 bits per heavy atom. The number of halogens is 1. The molecule has 0 aromatic carbocycles. The molecule has 602 valence electrons. The SMILES string of the molecule is CCN1CCCN(CC(=O)N(C)C)CCN(CC(=O)N(C)C)CC(C(=O)NCCN)CN(CC)CC1.CCN1CCCN(CC(=O)N(C)C)CCN(CC(=O)N(C)C)CC(C(=O)OC)CN(CC)CC1.CCO.CN(C)C(=O)CCl.COC(=O)C1CNCCNCCCNCCNC1.NCCN. The minimum absolute atomic E-state index is 0.000846. The first-order valence-electron chi connectivity index (χ1n) is 36.9. The third kappa shape index (κ3) is 53.2. The van der Waals surface area contributed by atoms with Gasteiger partial charge in [0.2, 0.25) is 35.4 Å². The number of rotatable bonds is 19. The second kappa shape index (κ2) is 65.9. The molecule has 32 nitrogen and oxygen atoms in total. The van der Waals surface area contributed by atoms with Gasteiger partial charge in [-0.15, -0.1) is 11.6 Å². The maximum Gasteiger partial charge on any atom is 0.311 e. The van der Waals surface area contributed by atoms with Crippen LogP contribution in [-0.2, 0) is 47.8 Å². The predicted octanol–water partition coefficient (Wildman–Crippen LogP) is -4.14. The van der Waals surface area contributed by atoms with E-state index in [9.17, 15) is 38.4 Å². The van der Waals surface area contributed by atoms with Gasteiger partial charge in [0.25, 0.3) is 0 Å². The number of esters is 2. The molecule has 0 aromatic rings. The summed E-state index contributed by atoms with van der Waals surface area (Å²) in [7, 11) is 20.3. The lowest BCUT2D eigenvalue weighted by atomic mass is 10.1. The summed E-state index contributed by atoms with van der Waals surface area (Å²) in [4.78, 5) is 124. The molecule has 3 saturated heterocycles. The van der Waals surface area contributed by atoms with Crippen LogP contribution < -0.4 is 43.8 Å². The van der Waals surface area contributed by atoms with Crippen molar-refractivity contribution in [2.45, 2.75) is 53.9 Å². The van der Waals surface area contributed by atoms with E-state index < -0.39 is 0 Å². The molecule has 2 atom stereocenters. The van der Waals surface area contributed by atoms with E-state index in [2.05, 4.69) is 88.6 Å². The monoisotopic (exact) mass is 1480 g/mol. The Balaban J connectivity index is -0.00000136. The molecule has 2 unspecified atom stereocenters. The normalized spacial score (nSPS) is 19.2. The number of nitrogens with one attached hydrogen (secondary N) is 5. The van der Waals surface area contributed by atoms with Crippen LogP contribution in [0.5, 0.6) is 0 Å². The number of aliphatic hydroxyl groups is 1. The maximum absolute atomic E-state index is 13.1. The van der Waals surface area contributed by atoms with Gasteiger partial charge in [0.15, 0.2) is 0 Å². The lowest BCUT2D eigenvalue weighted by Gasteiger charge is -2.34. The topological polar surface area (TPSA) is 356 Å². The highest BCUT2D eigenvalue weighted by molar-refractivity contribution is 6.27. The second-order valence-corrected chi connectivity index (χ2v) is 26.6. The molecule has 0 saturated carbocycles. The number of methoxy groups -OCH3 is 2. The van der Waals surface area contributed by atoms with Crippen LogP contribution in [0.4, 0.5) is 0 Å². The number of nitrogens with zero attached hydrogens (tertiary/aromatic N) is 13. The molecule has 3 aliphatic heterocycles. The molecule has 0 aromatic heterocycles. The van der Waals surface area contributed by atoms with Crippen LogP contribution in [0.1, 0.15) is 53.9 Å². The third-order valence-electron chi connectivity index (χ3n) is 17.1. The summed E-state index contributed by atoms with van der Waals surface area (Å²) in [6.45, 7) is 36.1. The van der Waals surface area contributed by atoms with Crippen molar-refractivity contribution >= 4 is 59.0 Å². The Bertz CT molecular complexity index is 2140. The molecule has 6 amide bonds. The smallest absolute Gasteiger partial charge is 0.311 e. The molecule has 3 fully saturated rings. The van der Waals surface area contributed by atoms with Crippen LogP contribution in [0.2, 0.25) is 0 Å². The van der Waals surface area contributed by atoms with Crippen molar-refractivity contribution in [3.63, 3.8) is 0 Å². The zero-order chi connectivity index (χ0) is 77.8. The molecule has 0 radical (unpaired) electrons. The maximum atomic E-state index is 13.1. The first-order valence-corrected chi connectivity index (χ1v) is 37.4. The third-order valence-corrected chi connectivity index (χ3v) is 17.3. The van der Waals surface area contributed by atoms with Gasteiger partial charge in [0, 0.05) is 221 Å². The summed E-state index contributed by atoms with van der Waals surface area (Å²) in [5.41, 5.74) is 15.4. The summed E-state index contributed by atoms with van der Waals surface area (Å²) < 4.78 is 9.94. The molecular formula is C69H148ClN21O11. The molecule has 12 N–H and O–H groups in total. The fourth-order valence-corrected chi connectivity index (χ4v) is 10.6. The number of hydrogen-bond donors (Lipinski definition) is 9. The minimum Gasteiger partial charge on any atom is -0.469 e. The van der Waals surface area contributed by atoms with Crippen molar-refractivity contribution in [3.8, 4) is 0 Å². The second-order valence-electron chi connectivity index (χ2n) is 26.3. The Hall–Kier alpha value is -4.59. The molecule has 3 aliphatic rings. The Labute approximate surface area is 621 Å². The van der Waals surface area contributed by atoms with Gasteiger partial charge >= 0.3 is 11.9 Å². The highest BCUT2D eigenvalue weighted by Crippen LogP contribution is 2.12. The Kier molecular flexibility index (Phi) is 65.6. The fourth-order valence-electron chi connectivity index (χ4n) is 10.3. The minimum atomic E-state index is -0.352. The van der Waals surface area contributed by atoms with E-state index in [1.165, 1.54) is 19.1 Å². The number of likely N-dealkylation sites (N-methyl/N-ethyl adjacent to an activating group) is 8. The number of nitrogens with two attached hydrogens (primary N) is 3. The first kappa shape index (κ1) is 102. The van der Waals surface area contributed by atoms with Gasteiger partial charge < -0.3 is 102 Å². The quantitative estimate of drug-likeness (QED) is 0.0438. The molecule has 3 rings (SSSR count). The summed E-state index contributed by atoms with van der Waals surface area (Å²) in [6, 6.07) is 0. The van der Waals surface area contributed by atoms with Crippen molar-refractivity contribution in [2.24, 2.45) is 35.0 Å².